The summed E-state index contributed by atoms with van der Waals surface area (Å²) >= 11 is 0. The highest BCUT2D eigenvalue weighted by Crippen LogP contribution is 2.35. The van der Waals surface area contributed by atoms with Gasteiger partial charge in [-0.05, 0) is 24.3 Å². The zero-order valence-electron chi connectivity index (χ0n) is 17.2. The second kappa shape index (κ2) is 7.90. The molecule has 31 heavy (non-hydrogen) atoms. The van der Waals surface area contributed by atoms with Gasteiger partial charge in [-0.25, -0.2) is 4.98 Å². The van der Waals surface area contributed by atoms with Crippen LogP contribution in [0, 0.1) is 0 Å². The molecule has 1 unspecified atom stereocenters. The van der Waals surface area contributed by atoms with Crippen LogP contribution >= 0.6 is 0 Å². The maximum Gasteiger partial charge on any atom is 0.289 e. The number of piperazine rings is 1. The fourth-order valence-electron chi connectivity index (χ4n) is 4.28. The number of hydrogen-bond donors (Lipinski definition) is 1. The summed E-state index contributed by atoms with van der Waals surface area (Å²) in [5.41, 5.74) is 1.31. The van der Waals surface area contributed by atoms with Crippen molar-refractivity contribution < 1.29 is 18.4 Å². The number of carbonyl (C=O) groups is 2. The molecule has 3 aromatic heterocycles. The van der Waals surface area contributed by atoms with E-state index in [9.17, 15) is 9.59 Å². The topological polar surface area (TPSA) is 105 Å². The van der Waals surface area contributed by atoms with Gasteiger partial charge in [0.2, 0.25) is 5.95 Å². The lowest BCUT2D eigenvalue weighted by molar-refractivity contribution is 0.0714. The summed E-state index contributed by atoms with van der Waals surface area (Å²) in [6.45, 7) is 2.29. The van der Waals surface area contributed by atoms with E-state index < -0.39 is 0 Å². The molecule has 2 aliphatic rings. The van der Waals surface area contributed by atoms with Crippen molar-refractivity contribution in [1.29, 1.82) is 0 Å². The second-order valence-electron chi connectivity index (χ2n) is 7.74. The summed E-state index contributed by atoms with van der Waals surface area (Å²) in [6.07, 6.45) is 4.13. The van der Waals surface area contributed by atoms with E-state index >= 15 is 0 Å². The first-order chi connectivity index (χ1) is 15.1. The Kier molecular flexibility index (Phi) is 4.93. The number of nitrogens with one attached hydrogen (secondary N) is 1. The summed E-state index contributed by atoms with van der Waals surface area (Å²) in [7, 11) is 1.76. The third-order valence-electron chi connectivity index (χ3n) is 5.89. The van der Waals surface area contributed by atoms with Gasteiger partial charge in [-0.1, -0.05) is 0 Å². The Bertz CT molecular complexity index is 1090. The molecule has 1 amide bonds. The van der Waals surface area contributed by atoms with Crippen molar-refractivity contribution in [3.05, 3.63) is 59.6 Å². The zero-order chi connectivity index (χ0) is 21.4. The molecule has 9 heteroatoms. The first-order valence-electron chi connectivity index (χ1n) is 10.4. The maximum atomic E-state index is 12.9. The standard InChI is InChI=1S/C22H23N5O4/c1-23-20-19-15(12-14(13-16(19)28)17-4-2-10-30-17)24-22(25-20)27-8-6-26(7-9-27)21(29)18-5-3-11-31-18/h2-5,10-11,14H,6-9,12-13H2,1H3,(H,23,24,25). The molecule has 4 heterocycles. The molecule has 1 aliphatic carbocycles. The van der Waals surface area contributed by atoms with Crippen molar-refractivity contribution in [3.8, 4) is 0 Å². The number of rotatable bonds is 4. The monoisotopic (exact) mass is 421 g/mol. The van der Waals surface area contributed by atoms with Crippen molar-refractivity contribution in [2.24, 2.45) is 0 Å². The normalized spacial score (nSPS) is 18.7. The molecule has 0 spiro atoms. The molecule has 1 saturated heterocycles. The molecule has 3 aromatic rings. The Balaban J connectivity index is 1.37. The first-order valence-corrected chi connectivity index (χ1v) is 10.4. The fourth-order valence-corrected chi connectivity index (χ4v) is 4.28. The van der Waals surface area contributed by atoms with Crippen LogP contribution in [0.2, 0.25) is 0 Å². The Morgan fingerprint density at radius 2 is 1.84 bits per heavy atom. The molecule has 5 rings (SSSR count). The summed E-state index contributed by atoms with van der Waals surface area (Å²) in [4.78, 5) is 38.6. The van der Waals surface area contributed by atoms with Crippen molar-refractivity contribution in [3.63, 3.8) is 0 Å². The number of hydrogen-bond acceptors (Lipinski definition) is 8. The SMILES string of the molecule is CNc1nc(N2CCN(C(=O)c3ccco3)CC2)nc2c1C(=O)CC(c1ccco1)C2. The average Bonchev–Trinajstić information content (AvgIpc) is 3.52. The van der Waals surface area contributed by atoms with Crippen molar-refractivity contribution >= 4 is 23.5 Å². The van der Waals surface area contributed by atoms with E-state index in [1.807, 2.05) is 17.0 Å². The highest BCUT2D eigenvalue weighted by molar-refractivity contribution is 6.03. The second-order valence-corrected chi connectivity index (χ2v) is 7.74. The highest BCUT2D eigenvalue weighted by Gasteiger charge is 2.33. The molecule has 0 radical (unpaired) electrons. The minimum atomic E-state index is -0.112. The molecule has 0 saturated carbocycles. The van der Waals surface area contributed by atoms with Crippen LogP contribution in [0.1, 0.15) is 44.7 Å². The number of furan rings is 2. The molecule has 1 aliphatic heterocycles. The predicted molar refractivity (Wildman–Crippen MR) is 113 cm³/mol. The minimum Gasteiger partial charge on any atom is -0.469 e. The van der Waals surface area contributed by atoms with Crippen LogP contribution in [-0.4, -0.2) is 59.8 Å². The smallest absolute Gasteiger partial charge is 0.289 e. The number of anilines is 2. The van der Waals surface area contributed by atoms with Crippen LogP contribution in [-0.2, 0) is 6.42 Å². The van der Waals surface area contributed by atoms with Gasteiger partial charge in [0.1, 0.15) is 11.6 Å². The molecule has 0 aromatic carbocycles. The van der Waals surface area contributed by atoms with E-state index in [2.05, 4.69) is 10.3 Å². The van der Waals surface area contributed by atoms with Crippen molar-refractivity contribution in [2.75, 3.05) is 43.4 Å². The lowest BCUT2D eigenvalue weighted by Gasteiger charge is -2.35. The summed E-state index contributed by atoms with van der Waals surface area (Å²) in [5.74, 6) is 2.16. The number of nitrogens with zero attached hydrogens (tertiary/aromatic N) is 4. The molecule has 0 bridgehead atoms. The number of carbonyl (C=O) groups excluding carboxylic acids is 2. The summed E-state index contributed by atoms with van der Waals surface area (Å²) in [5, 5.41) is 3.06. The van der Waals surface area contributed by atoms with E-state index in [1.165, 1.54) is 6.26 Å². The molecule has 1 atom stereocenters. The van der Waals surface area contributed by atoms with E-state index in [1.54, 1.807) is 30.3 Å². The third-order valence-corrected chi connectivity index (χ3v) is 5.89. The lowest BCUT2D eigenvalue weighted by atomic mass is 9.84. The van der Waals surface area contributed by atoms with Crippen LogP contribution in [0.5, 0.6) is 0 Å². The first kappa shape index (κ1) is 19.3. The molecule has 160 valence electrons. The van der Waals surface area contributed by atoms with Crippen LogP contribution in [0.25, 0.3) is 0 Å². The largest absolute Gasteiger partial charge is 0.469 e. The Morgan fingerprint density at radius 3 is 2.52 bits per heavy atom. The van der Waals surface area contributed by atoms with Gasteiger partial charge >= 0.3 is 0 Å². The fraction of sp³-hybridized carbons (Fsp3) is 0.364. The Hall–Kier alpha value is -3.62. The number of Topliss-reactive ketones (excluding diaryl/α,β-unsaturated/α-hetero) is 1. The van der Waals surface area contributed by atoms with Gasteiger partial charge < -0.3 is 24.0 Å². The number of amides is 1. The van der Waals surface area contributed by atoms with Crippen LogP contribution in [0.15, 0.2) is 45.6 Å². The van der Waals surface area contributed by atoms with E-state index in [0.717, 1.165) is 11.5 Å². The van der Waals surface area contributed by atoms with Crippen LogP contribution < -0.4 is 10.2 Å². The average molecular weight is 421 g/mol. The number of fused-ring (bicyclic) bond motifs is 1. The van der Waals surface area contributed by atoms with Crippen molar-refractivity contribution in [2.45, 2.75) is 18.8 Å². The molecular formula is C22H23N5O4. The Labute approximate surface area is 179 Å². The molecule has 9 nitrogen and oxygen atoms in total. The van der Waals surface area contributed by atoms with Gasteiger partial charge in [-0.3, -0.25) is 9.59 Å². The lowest BCUT2D eigenvalue weighted by Crippen LogP contribution is -2.49. The van der Waals surface area contributed by atoms with E-state index in [4.69, 9.17) is 13.8 Å². The summed E-state index contributed by atoms with van der Waals surface area (Å²) in [6, 6.07) is 7.12. The van der Waals surface area contributed by atoms with Gasteiger partial charge in [0.25, 0.3) is 5.91 Å². The maximum absolute atomic E-state index is 12.9. The third kappa shape index (κ3) is 3.56. The summed E-state index contributed by atoms with van der Waals surface area (Å²) < 4.78 is 10.8. The van der Waals surface area contributed by atoms with Crippen molar-refractivity contribution in [1.82, 2.24) is 14.9 Å². The van der Waals surface area contributed by atoms with Gasteiger partial charge in [0.15, 0.2) is 11.5 Å². The van der Waals surface area contributed by atoms with Crippen LogP contribution in [0.3, 0.4) is 0 Å². The zero-order valence-corrected chi connectivity index (χ0v) is 17.2. The number of ketones is 1. The van der Waals surface area contributed by atoms with Gasteiger partial charge in [0.05, 0.1) is 23.8 Å². The molecular weight excluding hydrogens is 398 g/mol. The van der Waals surface area contributed by atoms with Crippen LogP contribution in [0.4, 0.5) is 11.8 Å². The minimum absolute atomic E-state index is 0.0208. The van der Waals surface area contributed by atoms with Gasteiger partial charge in [-0.2, -0.15) is 4.98 Å². The van der Waals surface area contributed by atoms with E-state index in [-0.39, 0.29) is 17.6 Å². The highest BCUT2D eigenvalue weighted by atomic mass is 16.3. The quantitative estimate of drug-likeness (QED) is 0.685. The molecule has 1 fully saturated rings. The van der Waals surface area contributed by atoms with Gasteiger partial charge in [0, 0.05) is 52.0 Å². The molecule has 1 N–H and O–H groups in total. The Morgan fingerprint density at radius 1 is 1.06 bits per heavy atom. The van der Waals surface area contributed by atoms with Gasteiger partial charge in [-0.15, -0.1) is 0 Å². The number of aromatic nitrogens is 2. The van der Waals surface area contributed by atoms with E-state index in [0.29, 0.717) is 62.1 Å². The predicted octanol–water partition coefficient (Wildman–Crippen LogP) is 2.58.